The molecule has 6 nitrogen and oxygen atoms in total. The Balaban J connectivity index is 1.41. The first-order valence-corrected chi connectivity index (χ1v) is 11.0. The van der Waals surface area contributed by atoms with E-state index in [-0.39, 0.29) is 0 Å². The molecule has 0 aliphatic rings. The molecule has 1 unspecified atom stereocenters. The molecule has 170 valence electrons. The SMILES string of the molecule is COc1cc(CNC(Cc2c[nH]c3ccccc23)C(=O)O)ccc1OCc1cccc(Cl)c1. The number of fused-ring (bicyclic) bond motifs is 1. The molecule has 0 bridgehead atoms. The van der Waals surface area contributed by atoms with Gasteiger partial charge in [0.2, 0.25) is 0 Å². The van der Waals surface area contributed by atoms with Gasteiger partial charge in [0.05, 0.1) is 7.11 Å². The Morgan fingerprint density at radius 1 is 1.06 bits per heavy atom. The number of aromatic amines is 1. The van der Waals surface area contributed by atoms with Crippen LogP contribution in [0.25, 0.3) is 10.9 Å². The van der Waals surface area contributed by atoms with E-state index in [9.17, 15) is 9.90 Å². The van der Waals surface area contributed by atoms with Gasteiger partial charge in [0, 0.05) is 35.1 Å². The number of aliphatic carboxylic acids is 1. The van der Waals surface area contributed by atoms with Crippen molar-refractivity contribution in [1.29, 1.82) is 0 Å². The smallest absolute Gasteiger partial charge is 0.321 e. The van der Waals surface area contributed by atoms with Gasteiger partial charge >= 0.3 is 5.97 Å². The molecule has 7 heteroatoms. The van der Waals surface area contributed by atoms with E-state index in [4.69, 9.17) is 21.1 Å². The fourth-order valence-corrected chi connectivity index (χ4v) is 3.95. The van der Waals surface area contributed by atoms with Gasteiger partial charge in [-0.15, -0.1) is 0 Å². The monoisotopic (exact) mass is 464 g/mol. The van der Waals surface area contributed by atoms with Crippen LogP contribution in [0.3, 0.4) is 0 Å². The number of nitrogens with one attached hydrogen (secondary N) is 2. The number of para-hydroxylation sites is 1. The van der Waals surface area contributed by atoms with Crippen LogP contribution in [0.4, 0.5) is 0 Å². The molecule has 1 atom stereocenters. The Bertz CT molecular complexity index is 1250. The van der Waals surface area contributed by atoms with Crippen molar-refractivity contribution in [3.8, 4) is 11.5 Å². The minimum absolute atomic E-state index is 0.361. The second-order valence-corrected chi connectivity index (χ2v) is 8.18. The molecule has 0 saturated heterocycles. The fourth-order valence-electron chi connectivity index (χ4n) is 3.74. The van der Waals surface area contributed by atoms with Crippen LogP contribution in [0.5, 0.6) is 11.5 Å². The van der Waals surface area contributed by atoms with Gasteiger partial charge in [-0.3, -0.25) is 4.79 Å². The molecule has 1 heterocycles. The minimum atomic E-state index is -0.895. The highest BCUT2D eigenvalue weighted by atomic mass is 35.5. The van der Waals surface area contributed by atoms with E-state index in [0.29, 0.717) is 36.1 Å². The summed E-state index contributed by atoms with van der Waals surface area (Å²) < 4.78 is 11.4. The first kappa shape index (κ1) is 22.7. The number of aromatic nitrogens is 1. The van der Waals surface area contributed by atoms with Gasteiger partial charge in [-0.2, -0.15) is 0 Å². The van der Waals surface area contributed by atoms with Crippen LogP contribution >= 0.6 is 11.6 Å². The Morgan fingerprint density at radius 3 is 2.70 bits per heavy atom. The lowest BCUT2D eigenvalue weighted by Crippen LogP contribution is -2.38. The predicted molar refractivity (Wildman–Crippen MR) is 129 cm³/mol. The highest BCUT2D eigenvalue weighted by Crippen LogP contribution is 2.29. The van der Waals surface area contributed by atoms with Gasteiger partial charge in [-0.05, 0) is 47.0 Å². The molecule has 4 aromatic rings. The molecule has 0 spiro atoms. The van der Waals surface area contributed by atoms with Crippen LogP contribution in [-0.4, -0.2) is 29.2 Å². The third kappa shape index (κ3) is 5.66. The molecule has 33 heavy (non-hydrogen) atoms. The summed E-state index contributed by atoms with van der Waals surface area (Å²) in [5.41, 5.74) is 3.81. The highest BCUT2D eigenvalue weighted by Gasteiger charge is 2.19. The van der Waals surface area contributed by atoms with Gasteiger partial charge in [-0.25, -0.2) is 0 Å². The zero-order valence-electron chi connectivity index (χ0n) is 18.2. The Kier molecular flexibility index (Phi) is 7.17. The van der Waals surface area contributed by atoms with Gasteiger partial charge in [0.25, 0.3) is 0 Å². The Morgan fingerprint density at radius 2 is 1.91 bits per heavy atom. The number of methoxy groups -OCH3 is 1. The lowest BCUT2D eigenvalue weighted by molar-refractivity contribution is -0.139. The molecule has 0 radical (unpaired) electrons. The number of halogens is 1. The van der Waals surface area contributed by atoms with Gasteiger partial charge in [0.1, 0.15) is 12.6 Å². The molecule has 0 aliphatic carbocycles. The van der Waals surface area contributed by atoms with E-state index in [1.165, 1.54) is 0 Å². The van der Waals surface area contributed by atoms with Crippen molar-refractivity contribution in [2.45, 2.75) is 25.6 Å². The molecule has 0 fully saturated rings. The first-order valence-electron chi connectivity index (χ1n) is 10.6. The van der Waals surface area contributed by atoms with Gasteiger partial charge in [0.15, 0.2) is 11.5 Å². The lowest BCUT2D eigenvalue weighted by Gasteiger charge is -2.16. The number of ether oxygens (including phenoxy) is 2. The van der Waals surface area contributed by atoms with Crippen LogP contribution in [-0.2, 0) is 24.4 Å². The average Bonchev–Trinajstić information content (AvgIpc) is 3.23. The van der Waals surface area contributed by atoms with Crippen LogP contribution in [0, 0.1) is 0 Å². The number of benzene rings is 3. The van der Waals surface area contributed by atoms with Crippen molar-refractivity contribution >= 4 is 28.5 Å². The number of carbonyl (C=O) groups is 1. The molecule has 0 amide bonds. The van der Waals surface area contributed by atoms with Crippen LogP contribution < -0.4 is 14.8 Å². The van der Waals surface area contributed by atoms with Crippen LogP contribution in [0.2, 0.25) is 5.02 Å². The van der Waals surface area contributed by atoms with E-state index in [0.717, 1.165) is 27.6 Å². The van der Waals surface area contributed by atoms with Crippen molar-refractivity contribution in [3.05, 3.63) is 94.6 Å². The van der Waals surface area contributed by atoms with Crippen LogP contribution in [0.1, 0.15) is 16.7 Å². The van der Waals surface area contributed by atoms with Crippen LogP contribution in [0.15, 0.2) is 72.9 Å². The topological polar surface area (TPSA) is 83.6 Å². The minimum Gasteiger partial charge on any atom is -0.493 e. The first-order chi connectivity index (χ1) is 16.0. The van der Waals surface area contributed by atoms with E-state index >= 15 is 0 Å². The summed E-state index contributed by atoms with van der Waals surface area (Å²) in [6.07, 6.45) is 2.24. The summed E-state index contributed by atoms with van der Waals surface area (Å²) in [5, 5.41) is 14.6. The molecule has 3 aromatic carbocycles. The van der Waals surface area contributed by atoms with Gasteiger partial charge in [-0.1, -0.05) is 48.0 Å². The summed E-state index contributed by atoms with van der Waals surface area (Å²) in [5.74, 6) is 0.295. The summed E-state index contributed by atoms with van der Waals surface area (Å²) >= 11 is 6.03. The zero-order valence-corrected chi connectivity index (χ0v) is 18.9. The average molecular weight is 465 g/mol. The summed E-state index contributed by atoms with van der Waals surface area (Å²) in [7, 11) is 1.58. The maximum Gasteiger partial charge on any atom is 0.321 e. The Hall–Kier alpha value is -3.48. The third-order valence-corrected chi connectivity index (χ3v) is 5.70. The fraction of sp³-hybridized carbons (Fsp3) is 0.192. The van der Waals surface area contributed by atoms with E-state index in [1.807, 2.05) is 72.9 Å². The van der Waals surface area contributed by atoms with Crippen molar-refractivity contribution in [2.24, 2.45) is 0 Å². The second kappa shape index (κ2) is 10.4. The van der Waals surface area contributed by atoms with E-state index in [1.54, 1.807) is 7.11 Å². The van der Waals surface area contributed by atoms with E-state index < -0.39 is 12.0 Å². The van der Waals surface area contributed by atoms with E-state index in [2.05, 4.69) is 10.3 Å². The number of carboxylic acids is 1. The molecular weight excluding hydrogens is 440 g/mol. The summed E-state index contributed by atoms with van der Waals surface area (Å²) in [6.45, 7) is 0.741. The molecule has 1 aromatic heterocycles. The molecule has 0 saturated carbocycles. The molecule has 0 aliphatic heterocycles. The number of H-pyrrole nitrogens is 1. The maximum atomic E-state index is 11.9. The number of hydrogen-bond acceptors (Lipinski definition) is 4. The second-order valence-electron chi connectivity index (χ2n) is 7.74. The largest absolute Gasteiger partial charge is 0.493 e. The quantitative estimate of drug-likeness (QED) is 0.300. The maximum absolute atomic E-state index is 11.9. The number of hydrogen-bond donors (Lipinski definition) is 3. The van der Waals surface area contributed by atoms with Crippen molar-refractivity contribution in [2.75, 3.05) is 7.11 Å². The number of rotatable bonds is 10. The Labute approximate surface area is 197 Å². The number of carboxylic acid groups (broad SMARTS) is 1. The molecular formula is C26H25ClN2O4. The zero-order chi connectivity index (χ0) is 23.2. The van der Waals surface area contributed by atoms with Gasteiger partial charge < -0.3 is 24.9 Å². The molecule has 3 N–H and O–H groups in total. The molecule has 4 rings (SSSR count). The van der Waals surface area contributed by atoms with Crippen molar-refractivity contribution in [3.63, 3.8) is 0 Å². The lowest BCUT2D eigenvalue weighted by atomic mass is 10.0. The normalized spacial score (nSPS) is 11.9. The summed E-state index contributed by atoms with van der Waals surface area (Å²) in [4.78, 5) is 15.1. The van der Waals surface area contributed by atoms with Crippen molar-refractivity contribution in [1.82, 2.24) is 10.3 Å². The predicted octanol–water partition coefficient (Wildman–Crippen LogP) is 5.19. The summed E-state index contributed by atoms with van der Waals surface area (Å²) in [6, 6.07) is 20.2. The highest BCUT2D eigenvalue weighted by molar-refractivity contribution is 6.30. The standard InChI is InChI=1S/C26H25ClN2O4/c1-32-25-12-17(9-10-24(25)33-16-18-5-4-6-20(27)11-18)14-28-23(26(30)31)13-19-15-29-22-8-3-2-7-21(19)22/h2-12,15,23,28-29H,13-14,16H2,1H3,(H,30,31). The third-order valence-electron chi connectivity index (χ3n) is 5.46. The van der Waals surface area contributed by atoms with Crippen molar-refractivity contribution < 1.29 is 19.4 Å².